The predicted octanol–water partition coefficient (Wildman–Crippen LogP) is 2.92. The third kappa shape index (κ3) is 4.84. The van der Waals surface area contributed by atoms with Crippen molar-refractivity contribution in [1.29, 1.82) is 0 Å². The van der Waals surface area contributed by atoms with E-state index in [1.165, 1.54) is 29.0 Å². The first kappa shape index (κ1) is 23.6. The molecule has 3 N–H and O–H groups in total. The van der Waals surface area contributed by atoms with E-state index in [1.807, 2.05) is 6.92 Å². The van der Waals surface area contributed by atoms with Crippen LogP contribution in [0.5, 0.6) is 0 Å². The molecule has 0 saturated carbocycles. The van der Waals surface area contributed by atoms with E-state index in [0.29, 0.717) is 35.0 Å². The van der Waals surface area contributed by atoms with Crippen molar-refractivity contribution in [1.82, 2.24) is 24.3 Å². The van der Waals surface area contributed by atoms with Crippen molar-refractivity contribution >= 4 is 23.2 Å². The van der Waals surface area contributed by atoms with Crippen LogP contribution >= 0.6 is 11.6 Å². The normalized spacial score (nSPS) is 12.0. The molecule has 4 aromatic rings. The molecule has 176 valence electrons. The summed E-state index contributed by atoms with van der Waals surface area (Å²) in [5.41, 5.74) is 2.62. The number of pyridine rings is 1. The Labute approximate surface area is 199 Å². The van der Waals surface area contributed by atoms with Crippen LogP contribution in [0.25, 0.3) is 11.3 Å². The van der Waals surface area contributed by atoms with Crippen molar-refractivity contribution in [2.75, 3.05) is 18.5 Å². The SMILES string of the molecule is Cc1c(Nc2nccc(-c3ccn(C(CO)c4ccc(Cl)c(F)c4)c(=O)c3)n2)cnn1CCO. The lowest BCUT2D eigenvalue weighted by molar-refractivity contribution is 0.247. The minimum Gasteiger partial charge on any atom is -0.394 e. The highest BCUT2D eigenvalue weighted by Crippen LogP contribution is 2.24. The number of aliphatic hydroxyl groups excluding tert-OH is 2. The highest BCUT2D eigenvalue weighted by molar-refractivity contribution is 6.30. The summed E-state index contributed by atoms with van der Waals surface area (Å²) in [6, 6.07) is 8.15. The third-order valence-corrected chi connectivity index (χ3v) is 5.70. The molecule has 0 aliphatic heterocycles. The van der Waals surface area contributed by atoms with E-state index in [1.54, 1.807) is 35.3 Å². The molecule has 0 amide bonds. The molecule has 1 unspecified atom stereocenters. The lowest BCUT2D eigenvalue weighted by atomic mass is 10.1. The Morgan fingerprint density at radius 1 is 1.21 bits per heavy atom. The second-order valence-electron chi connectivity index (χ2n) is 7.51. The third-order valence-electron chi connectivity index (χ3n) is 5.40. The van der Waals surface area contributed by atoms with Crippen LogP contribution in [-0.4, -0.2) is 47.7 Å². The zero-order valence-corrected chi connectivity index (χ0v) is 18.9. The average Bonchev–Trinajstić information content (AvgIpc) is 3.17. The first-order valence-electron chi connectivity index (χ1n) is 10.4. The van der Waals surface area contributed by atoms with Gasteiger partial charge in [-0.15, -0.1) is 0 Å². The van der Waals surface area contributed by atoms with E-state index in [-0.39, 0.29) is 17.2 Å². The molecule has 34 heavy (non-hydrogen) atoms. The van der Waals surface area contributed by atoms with Gasteiger partial charge in [0.05, 0.1) is 54.1 Å². The Morgan fingerprint density at radius 3 is 2.74 bits per heavy atom. The zero-order chi connectivity index (χ0) is 24.2. The molecule has 3 heterocycles. The molecule has 1 aromatic carbocycles. The standard InChI is InChI=1S/C23H22ClFN6O3/c1-14-20(12-27-31(14)8-9-32)29-23-26-6-4-19(28-23)15-5-7-30(22(34)11-15)21(13-33)16-2-3-17(24)18(25)10-16/h2-7,10-12,21,32-33H,8-9,13H2,1H3,(H,26,28,29). The maximum Gasteiger partial charge on any atom is 0.251 e. The van der Waals surface area contributed by atoms with Crippen molar-refractivity contribution in [3.05, 3.63) is 87.4 Å². The number of nitrogens with one attached hydrogen (secondary N) is 1. The van der Waals surface area contributed by atoms with Gasteiger partial charge in [-0.1, -0.05) is 17.7 Å². The van der Waals surface area contributed by atoms with Crippen LogP contribution in [0.1, 0.15) is 17.3 Å². The minimum atomic E-state index is -0.769. The van der Waals surface area contributed by atoms with Crippen LogP contribution in [0, 0.1) is 12.7 Å². The first-order chi connectivity index (χ1) is 16.4. The van der Waals surface area contributed by atoms with Gasteiger partial charge in [0.25, 0.3) is 5.56 Å². The number of rotatable bonds is 8. The van der Waals surface area contributed by atoms with Crippen molar-refractivity contribution < 1.29 is 14.6 Å². The summed E-state index contributed by atoms with van der Waals surface area (Å²) >= 11 is 5.74. The fraction of sp³-hybridized carbons (Fsp3) is 0.217. The van der Waals surface area contributed by atoms with E-state index in [9.17, 15) is 14.3 Å². The maximum atomic E-state index is 13.9. The van der Waals surface area contributed by atoms with Crippen LogP contribution in [-0.2, 0) is 6.54 Å². The molecule has 3 aromatic heterocycles. The molecular formula is C23H22ClFN6O3. The van der Waals surface area contributed by atoms with Crippen LogP contribution < -0.4 is 10.9 Å². The van der Waals surface area contributed by atoms with Gasteiger partial charge in [-0.25, -0.2) is 14.4 Å². The number of halogens is 2. The van der Waals surface area contributed by atoms with Crippen molar-refractivity contribution in [2.45, 2.75) is 19.5 Å². The Balaban J connectivity index is 1.60. The lowest BCUT2D eigenvalue weighted by Gasteiger charge is -2.18. The number of benzene rings is 1. The summed E-state index contributed by atoms with van der Waals surface area (Å²) in [7, 11) is 0. The van der Waals surface area contributed by atoms with E-state index in [4.69, 9.17) is 16.7 Å². The minimum absolute atomic E-state index is 0.0242. The molecule has 1 atom stereocenters. The molecule has 4 rings (SSSR count). The second kappa shape index (κ2) is 10.1. The lowest BCUT2D eigenvalue weighted by Crippen LogP contribution is -2.27. The van der Waals surface area contributed by atoms with Gasteiger partial charge >= 0.3 is 0 Å². The Morgan fingerprint density at radius 2 is 2.03 bits per heavy atom. The molecule has 11 heteroatoms. The smallest absolute Gasteiger partial charge is 0.251 e. The number of anilines is 2. The quantitative estimate of drug-likeness (QED) is 0.352. The van der Waals surface area contributed by atoms with Gasteiger partial charge in [0.1, 0.15) is 5.82 Å². The molecule has 0 bridgehead atoms. The van der Waals surface area contributed by atoms with Crippen molar-refractivity contribution in [3.8, 4) is 11.3 Å². The number of aromatic nitrogens is 5. The number of nitrogens with zero attached hydrogens (tertiary/aromatic N) is 5. The number of hydrogen-bond acceptors (Lipinski definition) is 7. The van der Waals surface area contributed by atoms with Gasteiger partial charge in [-0.2, -0.15) is 5.10 Å². The Kier molecular flexibility index (Phi) is 7.01. The molecule has 0 radical (unpaired) electrons. The van der Waals surface area contributed by atoms with Gasteiger partial charge in [-0.3, -0.25) is 9.48 Å². The zero-order valence-electron chi connectivity index (χ0n) is 18.2. The predicted molar refractivity (Wildman–Crippen MR) is 126 cm³/mol. The van der Waals surface area contributed by atoms with Gasteiger partial charge in [0.2, 0.25) is 5.95 Å². The molecule has 0 fully saturated rings. The van der Waals surface area contributed by atoms with Crippen LogP contribution in [0.4, 0.5) is 16.0 Å². The van der Waals surface area contributed by atoms with Gasteiger partial charge in [-0.05, 0) is 36.8 Å². The Hall–Kier alpha value is -3.60. The average molecular weight is 485 g/mol. The molecule has 0 saturated heterocycles. The van der Waals surface area contributed by atoms with Crippen LogP contribution in [0.3, 0.4) is 0 Å². The van der Waals surface area contributed by atoms with Gasteiger partial charge in [0, 0.05) is 24.0 Å². The topological polar surface area (TPSA) is 118 Å². The van der Waals surface area contributed by atoms with Crippen LogP contribution in [0.2, 0.25) is 5.02 Å². The monoisotopic (exact) mass is 484 g/mol. The molecule has 0 spiro atoms. The first-order valence-corrected chi connectivity index (χ1v) is 10.8. The van der Waals surface area contributed by atoms with E-state index in [0.717, 1.165) is 5.69 Å². The molecular weight excluding hydrogens is 463 g/mol. The van der Waals surface area contributed by atoms with Crippen molar-refractivity contribution in [3.63, 3.8) is 0 Å². The van der Waals surface area contributed by atoms with E-state index < -0.39 is 18.5 Å². The molecule has 9 nitrogen and oxygen atoms in total. The molecule has 0 aliphatic carbocycles. The molecule has 0 aliphatic rings. The summed E-state index contributed by atoms with van der Waals surface area (Å²) in [6.07, 6.45) is 4.72. The summed E-state index contributed by atoms with van der Waals surface area (Å²) in [6.45, 7) is 1.82. The highest BCUT2D eigenvalue weighted by atomic mass is 35.5. The summed E-state index contributed by atoms with van der Waals surface area (Å²) in [5, 5.41) is 26.3. The Bertz CT molecular complexity index is 1370. The number of hydrogen-bond donors (Lipinski definition) is 3. The van der Waals surface area contributed by atoms with Crippen LogP contribution in [0.15, 0.2) is 59.8 Å². The van der Waals surface area contributed by atoms with Gasteiger partial charge < -0.3 is 20.1 Å². The van der Waals surface area contributed by atoms with Crippen molar-refractivity contribution in [2.24, 2.45) is 0 Å². The fourth-order valence-corrected chi connectivity index (χ4v) is 3.69. The summed E-state index contributed by atoms with van der Waals surface area (Å²) in [4.78, 5) is 21.6. The van der Waals surface area contributed by atoms with Gasteiger partial charge in [0.15, 0.2) is 0 Å². The largest absolute Gasteiger partial charge is 0.394 e. The van der Waals surface area contributed by atoms with E-state index in [2.05, 4.69) is 20.4 Å². The summed E-state index contributed by atoms with van der Waals surface area (Å²) in [5.74, 6) is -0.307. The highest BCUT2D eigenvalue weighted by Gasteiger charge is 2.17. The summed E-state index contributed by atoms with van der Waals surface area (Å²) < 4.78 is 16.9. The van der Waals surface area contributed by atoms with E-state index >= 15 is 0 Å². The fourth-order valence-electron chi connectivity index (χ4n) is 3.57. The maximum absolute atomic E-state index is 13.9. The second-order valence-corrected chi connectivity index (χ2v) is 7.92. The number of aliphatic hydroxyl groups is 2.